The van der Waals surface area contributed by atoms with Crippen molar-refractivity contribution >= 4 is 28.5 Å². The average molecular weight is 329 g/mol. The second-order valence-corrected chi connectivity index (χ2v) is 5.68. The van der Waals surface area contributed by atoms with Crippen LogP contribution in [0.15, 0.2) is 30.6 Å². The van der Waals surface area contributed by atoms with E-state index in [-0.39, 0.29) is 0 Å². The Labute approximate surface area is 139 Å². The van der Waals surface area contributed by atoms with Gasteiger partial charge in [0.25, 0.3) is 5.91 Å². The molecule has 2 aromatic heterocycles. The second-order valence-electron chi connectivity index (χ2n) is 5.68. The molecule has 2 aromatic rings. The number of aromatic nitrogens is 2. The molecular weight excluding hydrogens is 310 g/mol. The van der Waals surface area contributed by atoms with Crippen LogP contribution in [0.1, 0.15) is 12.8 Å². The van der Waals surface area contributed by atoms with E-state index in [0.717, 1.165) is 5.06 Å². The molecule has 0 spiro atoms. The maximum atomic E-state index is 13.2. The zero-order chi connectivity index (χ0) is 17.2. The zero-order valence-electron chi connectivity index (χ0n) is 13.4. The smallest absolute Gasteiger partial charge is 0.266 e. The summed E-state index contributed by atoms with van der Waals surface area (Å²) in [6, 6.07) is 5.18. The molecule has 0 bridgehead atoms. The van der Waals surface area contributed by atoms with Crippen LogP contribution in [0.4, 0.5) is 5.69 Å². The Morgan fingerprint density at radius 2 is 2.00 bits per heavy atom. The highest BCUT2D eigenvalue weighted by atomic mass is 16.7. The number of nitrogens with two attached hydrogens (primary N) is 1. The van der Waals surface area contributed by atoms with Crippen LogP contribution in [0.25, 0.3) is 11.0 Å². The summed E-state index contributed by atoms with van der Waals surface area (Å²) < 4.78 is 0. The third-order valence-electron chi connectivity index (χ3n) is 4.40. The molecule has 8 nitrogen and oxygen atoms in total. The standard InChI is InChI=1S/C16H19N5O3/c1-24-21(12-4-8-19-11-3-2-7-20-13(11)12)15(23)16(14(17)22)5-9-18-10-6-16/h2-4,7-8,18H,5-6,9-10H2,1H3,(H2,17,22). The van der Waals surface area contributed by atoms with Crippen LogP contribution in [0.3, 0.4) is 0 Å². The third kappa shape index (κ3) is 2.59. The van der Waals surface area contributed by atoms with Crippen LogP contribution in [-0.2, 0) is 14.4 Å². The number of nitrogens with one attached hydrogen (secondary N) is 1. The summed E-state index contributed by atoms with van der Waals surface area (Å²) in [4.78, 5) is 39.1. The molecule has 3 heterocycles. The fraction of sp³-hybridized carbons (Fsp3) is 0.375. The minimum absolute atomic E-state index is 0.331. The summed E-state index contributed by atoms with van der Waals surface area (Å²) in [7, 11) is 1.38. The fourth-order valence-electron chi connectivity index (χ4n) is 3.03. The highest BCUT2D eigenvalue weighted by Gasteiger charge is 2.48. The van der Waals surface area contributed by atoms with Crippen molar-refractivity contribution in [2.24, 2.45) is 11.1 Å². The number of carbonyl (C=O) groups excluding carboxylic acids is 2. The van der Waals surface area contributed by atoms with E-state index in [1.165, 1.54) is 7.11 Å². The summed E-state index contributed by atoms with van der Waals surface area (Å²) in [5.74, 6) is -1.11. The van der Waals surface area contributed by atoms with Gasteiger partial charge in [0.2, 0.25) is 5.91 Å². The molecule has 0 atom stereocenters. The zero-order valence-corrected chi connectivity index (χ0v) is 13.4. The first-order valence-corrected chi connectivity index (χ1v) is 7.69. The average Bonchev–Trinajstić information content (AvgIpc) is 2.63. The van der Waals surface area contributed by atoms with Crippen molar-refractivity contribution in [1.82, 2.24) is 15.3 Å². The van der Waals surface area contributed by atoms with Gasteiger partial charge in [-0.25, -0.2) is 0 Å². The molecule has 3 rings (SSSR count). The molecule has 24 heavy (non-hydrogen) atoms. The SMILES string of the molecule is CON(C(=O)C1(C(N)=O)CCNCC1)c1ccnc2cccnc12. The van der Waals surface area contributed by atoms with Gasteiger partial charge in [0.05, 0.1) is 12.6 Å². The lowest BCUT2D eigenvalue weighted by molar-refractivity contribution is -0.146. The van der Waals surface area contributed by atoms with E-state index in [1.54, 1.807) is 30.6 Å². The number of hydrogen-bond donors (Lipinski definition) is 2. The van der Waals surface area contributed by atoms with E-state index in [9.17, 15) is 9.59 Å². The maximum absolute atomic E-state index is 13.2. The first-order valence-electron chi connectivity index (χ1n) is 7.69. The molecule has 1 aliphatic rings. The lowest BCUT2D eigenvalue weighted by Gasteiger charge is -2.36. The Hall–Kier alpha value is -2.58. The lowest BCUT2D eigenvalue weighted by Crippen LogP contribution is -2.55. The first-order chi connectivity index (χ1) is 11.6. The van der Waals surface area contributed by atoms with Crippen molar-refractivity contribution in [3.8, 4) is 0 Å². The molecule has 1 saturated heterocycles. The molecule has 0 radical (unpaired) electrons. The number of rotatable bonds is 4. The molecule has 8 heteroatoms. The maximum Gasteiger partial charge on any atom is 0.266 e. The third-order valence-corrected chi connectivity index (χ3v) is 4.40. The summed E-state index contributed by atoms with van der Waals surface area (Å²) in [5, 5.41) is 4.24. The number of fused-ring (bicyclic) bond motifs is 1. The Bertz CT molecular complexity index is 768. The number of amides is 2. The Morgan fingerprint density at radius 3 is 2.67 bits per heavy atom. The minimum atomic E-state index is -1.29. The van der Waals surface area contributed by atoms with Gasteiger partial charge in [-0.1, -0.05) is 0 Å². The van der Waals surface area contributed by atoms with Crippen LogP contribution in [0.5, 0.6) is 0 Å². The first kappa shape index (κ1) is 16.3. The summed E-state index contributed by atoms with van der Waals surface area (Å²) in [5.41, 5.74) is 5.89. The molecule has 1 aliphatic heterocycles. The molecule has 0 saturated carbocycles. The van der Waals surface area contributed by atoms with Gasteiger partial charge >= 0.3 is 0 Å². The number of primary amides is 1. The van der Waals surface area contributed by atoms with Gasteiger partial charge in [0.15, 0.2) is 0 Å². The van der Waals surface area contributed by atoms with Crippen molar-refractivity contribution in [1.29, 1.82) is 0 Å². The normalized spacial score (nSPS) is 16.7. The van der Waals surface area contributed by atoms with E-state index in [2.05, 4.69) is 15.3 Å². The van der Waals surface area contributed by atoms with Crippen molar-refractivity contribution in [2.75, 3.05) is 25.3 Å². The quantitative estimate of drug-likeness (QED) is 0.620. The molecule has 0 aromatic carbocycles. The number of carbonyl (C=O) groups is 2. The Morgan fingerprint density at radius 1 is 1.25 bits per heavy atom. The van der Waals surface area contributed by atoms with E-state index < -0.39 is 17.2 Å². The fourth-order valence-corrected chi connectivity index (χ4v) is 3.03. The molecule has 0 unspecified atom stereocenters. The summed E-state index contributed by atoms with van der Waals surface area (Å²) in [6.07, 6.45) is 3.84. The van der Waals surface area contributed by atoms with E-state index in [0.29, 0.717) is 42.7 Å². The van der Waals surface area contributed by atoms with Gasteiger partial charge in [0.1, 0.15) is 16.6 Å². The van der Waals surface area contributed by atoms with Gasteiger partial charge in [-0.3, -0.25) is 24.4 Å². The van der Waals surface area contributed by atoms with Gasteiger partial charge < -0.3 is 11.1 Å². The highest BCUT2D eigenvalue weighted by molar-refractivity contribution is 6.12. The van der Waals surface area contributed by atoms with Crippen molar-refractivity contribution in [3.63, 3.8) is 0 Å². The monoisotopic (exact) mass is 329 g/mol. The van der Waals surface area contributed by atoms with Crippen LogP contribution in [-0.4, -0.2) is 42.0 Å². The number of hydrogen-bond acceptors (Lipinski definition) is 6. The van der Waals surface area contributed by atoms with Crippen LogP contribution >= 0.6 is 0 Å². The van der Waals surface area contributed by atoms with Gasteiger partial charge in [-0.2, -0.15) is 5.06 Å². The minimum Gasteiger partial charge on any atom is -0.369 e. The predicted molar refractivity (Wildman–Crippen MR) is 87.8 cm³/mol. The Kier molecular flexibility index (Phi) is 4.41. The lowest BCUT2D eigenvalue weighted by atomic mass is 9.77. The van der Waals surface area contributed by atoms with Gasteiger partial charge in [-0.15, -0.1) is 0 Å². The van der Waals surface area contributed by atoms with E-state index >= 15 is 0 Å². The second kappa shape index (κ2) is 6.50. The topological polar surface area (TPSA) is 110 Å². The number of pyridine rings is 2. The molecule has 0 aliphatic carbocycles. The number of nitrogens with zero attached hydrogens (tertiary/aromatic N) is 3. The van der Waals surface area contributed by atoms with Crippen LogP contribution < -0.4 is 16.1 Å². The van der Waals surface area contributed by atoms with Crippen LogP contribution in [0.2, 0.25) is 0 Å². The number of piperidine rings is 1. The highest BCUT2D eigenvalue weighted by Crippen LogP contribution is 2.34. The van der Waals surface area contributed by atoms with Crippen molar-refractivity contribution in [3.05, 3.63) is 30.6 Å². The van der Waals surface area contributed by atoms with Crippen LogP contribution in [0, 0.1) is 5.41 Å². The van der Waals surface area contributed by atoms with Crippen molar-refractivity contribution in [2.45, 2.75) is 12.8 Å². The van der Waals surface area contributed by atoms with E-state index in [1.807, 2.05) is 0 Å². The summed E-state index contributed by atoms with van der Waals surface area (Å²) >= 11 is 0. The van der Waals surface area contributed by atoms with E-state index in [4.69, 9.17) is 10.6 Å². The van der Waals surface area contributed by atoms with Crippen molar-refractivity contribution < 1.29 is 14.4 Å². The Balaban J connectivity index is 2.07. The number of hydroxylamine groups is 1. The van der Waals surface area contributed by atoms with Gasteiger partial charge in [0, 0.05) is 12.4 Å². The molecule has 126 valence electrons. The predicted octanol–water partition coefficient (Wildman–Crippen LogP) is 0.379. The number of anilines is 1. The van der Waals surface area contributed by atoms with Gasteiger partial charge in [-0.05, 0) is 44.1 Å². The molecule has 2 amide bonds. The summed E-state index contributed by atoms with van der Waals surface area (Å²) in [6.45, 7) is 1.09. The largest absolute Gasteiger partial charge is 0.369 e. The molecule has 3 N–H and O–H groups in total. The molecular formula is C16H19N5O3. The molecule has 1 fully saturated rings.